The summed E-state index contributed by atoms with van der Waals surface area (Å²) in [6, 6.07) is 14.8. The molecule has 0 radical (unpaired) electrons. The van der Waals surface area contributed by atoms with Gasteiger partial charge in [-0.05, 0) is 31.2 Å². The highest BCUT2D eigenvalue weighted by atomic mass is 16.3. The van der Waals surface area contributed by atoms with Gasteiger partial charge in [0.2, 0.25) is 0 Å². The van der Waals surface area contributed by atoms with Gasteiger partial charge in [0.15, 0.2) is 0 Å². The molecule has 2 N–H and O–H groups in total. The second kappa shape index (κ2) is 5.32. The average Bonchev–Trinajstić information content (AvgIpc) is 2.92. The molecule has 0 atom stereocenters. The number of hydrogen-bond acceptors (Lipinski definition) is 3. The second-order valence-corrected chi connectivity index (χ2v) is 4.79. The van der Waals surface area contributed by atoms with Crippen LogP contribution in [0.5, 0.6) is 0 Å². The summed E-state index contributed by atoms with van der Waals surface area (Å²) in [5.74, 6) is -0.0898. The standard InChI is InChI=1S/C17H16N2O2/c1-2-19(13-7-5-6-12(18)10-13)17(20)15-11-21-16-9-4-3-8-14(15)16/h3-11H,2,18H2,1H3. The highest BCUT2D eigenvalue weighted by Gasteiger charge is 2.20. The number of nitrogen functional groups attached to an aromatic ring is 1. The number of amides is 1. The fourth-order valence-corrected chi connectivity index (χ4v) is 2.42. The lowest BCUT2D eigenvalue weighted by Gasteiger charge is -2.20. The van der Waals surface area contributed by atoms with E-state index in [2.05, 4.69) is 0 Å². The number of benzene rings is 2. The summed E-state index contributed by atoms with van der Waals surface area (Å²) >= 11 is 0. The molecule has 0 fully saturated rings. The molecule has 0 saturated heterocycles. The first-order valence-corrected chi connectivity index (χ1v) is 6.84. The third-order valence-corrected chi connectivity index (χ3v) is 3.45. The third-order valence-electron chi connectivity index (χ3n) is 3.45. The van der Waals surface area contributed by atoms with Crippen LogP contribution >= 0.6 is 0 Å². The van der Waals surface area contributed by atoms with Crippen molar-refractivity contribution in [1.82, 2.24) is 0 Å². The van der Waals surface area contributed by atoms with E-state index in [9.17, 15) is 4.79 Å². The number of carbonyl (C=O) groups is 1. The van der Waals surface area contributed by atoms with Gasteiger partial charge in [0, 0.05) is 23.3 Å². The van der Waals surface area contributed by atoms with Gasteiger partial charge in [-0.3, -0.25) is 4.79 Å². The van der Waals surface area contributed by atoms with Crippen LogP contribution in [0.15, 0.2) is 59.2 Å². The van der Waals surface area contributed by atoms with Gasteiger partial charge < -0.3 is 15.1 Å². The van der Waals surface area contributed by atoms with Crippen molar-refractivity contribution in [1.29, 1.82) is 0 Å². The highest BCUT2D eigenvalue weighted by Crippen LogP contribution is 2.25. The van der Waals surface area contributed by atoms with Crippen molar-refractivity contribution >= 4 is 28.3 Å². The Labute approximate surface area is 122 Å². The van der Waals surface area contributed by atoms with Crippen LogP contribution in [0.3, 0.4) is 0 Å². The fraction of sp³-hybridized carbons (Fsp3) is 0.118. The van der Waals surface area contributed by atoms with Crippen molar-refractivity contribution in [2.24, 2.45) is 0 Å². The van der Waals surface area contributed by atoms with Gasteiger partial charge in [0.25, 0.3) is 5.91 Å². The summed E-state index contributed by atoms with van der Waals surface area (Å²) in [5.41, 5.74) is 8.50. The van der Waals surface area contributed by atoms with E-state index in [4.69, 9.17) is 10.2 Å². The number of anilines is 2. The van der Waals surface area contributed by atoms with E-state index in [1.165, 1.54) is 6.26 Å². The minimum Gasteiger partial charge on any atom is -0.463 e. The normalized spacial score (nSPS) is 10.7. The minimum atomic E-state index is -0.0898. The van der Waals surface area contributed by atoms with E-state index in [-0.39, 0.29) is 5.91 Å². The van der Waals surface area contributed by atoms with Crippen LogP contribution in [0.2, 0.25) is 0 Å². The molecular weight excluding hydrogens is 264 g/mol. The number of rotatable bonds is 3. The largest absolute Gasteiger partial charge is 0.463 e. The summed E-state index contributed by atoms with van der Waals surface area (Å²) in [5, 5.41) is 0.824. The Morgan fingerprint density at radius 1 is 1.19 bits per heavy atom. The maximum Gasteiger partial charge on any atom is 0.262 e. The number of fused-ring (bicyclic) bond motifs is 1. The Morgan fingerprint density at radius 3 is 2.76 bits per heavy atom. The molecular formula is C17H16N2O2. The maximum absolute atomic E-state index is 12.8. The number of nitrogens with two attached hydrogens (primary N) is 1. The average molecular weight is 280 g/mol. The van der Waals surface area contributed by atoms with Gasteiger partial charge in [-0.25, -0.2) is 0 Å². The van der Waals surface area contributed by atoms with E-state index < -0.39 is 0 Å². The molecule has 1 aromatic heterocycles. The Morgan fingerprint density at radius 2 is 2.00 bits per heavy atom. The number of para-hydroxylation sites is 1. The quantitative estimate of drug-likeness (QED) is 0.744. The van der Waals surface area contributed by atoms with Gasteiger partial charge in [-0.2, -0.15) is 0 Å². The van der Waals surface area contributed by atoms with E-state index >= 15 is 0 Å². The van der Waals surface area contributed by atoms with Crippen LogP contribution in [0.25, 0.3) is 11.0 Å². The first-order valence-electron chi connectivity index (χ1n) is 6.84. The SMILES string of the molecule is CCN(C(=O)c1coc2ccccc12)c1cccc(N)c1. The molecule has 0 bridgehead atoms. The highest BCUT2D eigenvalue weighted by molar-refractivity contribution is 6.13. The van der Waals surface area contributed by atoms with Crippen LogP contribution in [-0.4, -0.2) is 12.5 Å². The molecule has 0 aliphatic heterocycles. The molecule has 2 aromatic carbocycles. The van der Waals surface area contributed by atoms with Crippen molar-refractivity contribution in [3.8, 4) is 0 Å². The van der Waals surface area contributed by atoms with Gasteiger partial charge in [-0.15, -0.1) is 0 Å². The molecule has 1 heterocycles. The van der Waals surface area contributed by atoms with Crippen LogP contribution in [0.1, 0.15) is 17.3 Å². The summed E-state index contributed by atoms with van der Waals surface area (Å²) in [4.78, 5) is 14.5. The molecule has 0 spiro atoms. The predicted molar refractivity (Wildman–Crippen MR) is 84.4 cm³/mol. The Bertz CT molecular complexity index is 792. The zero-order valence-electron chi connectivity index (χ0n) is 11.7. The lowest BCUT2D eigenvalue weighted by Crippen LogP contribution is -2.30. The smallest absolute Gasteiger partial charge is 0.262 e. The van der Waals surface area contributed by atoms with Crippen molar-refractivity contribution in [3.63, 3.8) is 0 Å². The fourth-order valence-electron chi connectivity index (χ4n) is 2.42. The molecule has 3 aromatic rings. The summed E-state index contributed by atoms with van der Waals surface area (Å²) < 4.78 is 5.45. The lowest BCUT2D eigenvalue weighted by molar-refractivity contribution is 0.0989. The number of hydrogen-bond donors (Lipinski definition) is 1. The molecule has 21 heavy (non-hydrogen) atoms. The lowest BCUT2D eigenvalue weighted by atomic mass is 10.1. The monoisotopic (exact) mass is 280 g/mol. The van der Waals surface area contributed by atoms with Gasteiger partial charge >= 0.3 is 0 Å². The Hall–Kier alpha value is -2.75. The van der Waals surface area contributed by atoms with Gasteiger partial charge in [0.05, 0.1) is 5.56 Å². The molecule has 106 valence electrons. The summed E-state index contributed by atoms with van der Waals surface area (Å²) in [6.45, 7) is 2.49. The molecule has 0 unspecified atom stereocenters. The number of carbonyl (C=O) groups excluding carboxylic acids is 1. The summed E-state index contributed by atoms with van der Waals surface area (Å²) in [7, 11) is 0. The first-order chi connectivity index (χ1) is 10.2. The van der Waals surface area contributed by atoms with E-state index in [1.54, 1.807) is 17.0 Å². The van der Waals surface area contributed by atoms with Crippen LogP contribution < -0.4 is 10.6 Å². The summed E-state index contributed by atoms with van der Waals surface area (Å²) in [6.07, 6.45) is 1.52. The molecule has 4 heteroatoms. The Balaban J connectivity index is 2.03. The first kappa shape index (κ1) is 13.2. The van der Waals surface area contributed by atoms with Gasteiger partial charge in [0.1, 0.15) is 11.8 Å². The Kier molecular flexibility index (Phi) is 3.36. The van der Waals surface area contributed by atoms with Crippen LogP contribution in [-0.2, 0) is 0 Å². The molecule has 0 saturated carbocycles. The number of nitrogens with zero attached hydrogens (tertiary/aromatic N) is 1. The van der Waals surface area contributed by atoms with E-state index in [0.29, 0.717) is 23.4 Å². The molecule has 0 aliphatic rings. The van der Waals surface area contributed by atoms with Gasteiger partial charge in [-0.1, -0.05) is 24.3 Å². The topological polar surface area (TPSA) is 59.5 Å². The van der Waals surface area contributed by atoms with Crippen molar-refractivity contribution in [2.75, 3.05) is 17.2 Å². The maximum atomic E-state index is 12.8. The molecule has 1 amide bonds. The van der Waals surface area contributed by atoms with E-state index in [0.717, 1.165) is 11.1 Å². The van der Waals surface area contributed by atoms with Crippen molar-refractivity contribution < 1.29 is 9.21 Å². The van der Waals surface area contributed by atoms with Crippen LogP contribution in [0, 0.1) is 0 Å². The van der Waals surface area contributed by atoms with Crippen LogP contribution in [0.4, 0.5) is 11.4 Å². The molecule has 4 nitrogen and oxygen atoms in total. The van der Waals surface area contributed by atoms with Crippen molar-refractivity contribution in [2.45, 2.75) is 6.92 Å². The third kappa shape index (κ3) is 2.36. The zero-order valence-corrected chi connectivity index (χ0v) is 11.7. The van der Waals surface area contributed by atoms with Crippen molar-refractivity contribution in [3.05, 3.63) is 60.4 Å². The predicted octanol–water partition coefficient (Wildman–Crippen LogP) is 3.68. The number of furan rings is 1. The van der Waals surface area contributed by atoms with E-state index in [1.807, 2.05) is 43.3 Å². The zero-order chi connectivity index (χ0) is 14.8. The molecule has 3 rings (SSSR count). The molecule has 0 aliphatic carbocycles. The minimum absolute atomic E-state index is 0.0898. The second-order valence-electron chi connectivity index (χ2n) is 4.79.